The van der Waals surface area contributed by atoms with Gasteiger partial charge in [0.2, 0.25) is 12.2 Å². The minimum Gasteiger partial charge on any atom is -0.465 e. The molecule has 0 saturated heterocycles. The van der Waals surface area contributed by atoms with Crippen molar-refractivity contribution < 1.29 is 24.6 Å². The molecular weight excluding hydrogens is 324 g/mol. The molecule has 1 aliphatic carbocycles. The zero-order valence-corrected chi connectivity index (χ0v) is 13.1. The van der Waals surface area contributed by atoms with Gasteiger partial charge in [-0.25, -0.2) is 5.48 Å². The quantitative estimate of drug-likeness (QED) is 0.422. The van der Waals surface area contributed by atoms with Crippen LogP contribution in [0, 0.1) is 23.2 Å². The standard InChI is InChI=1S/C18H16N2O5/c19-10-11-1-3-12(4-2-11)24-13-5-7-14(8-6-13)25-18(22)16-9-15(16)17(21)20-23/h1-8,15-16,18,22-23H,9H2,(H,20,21)/t15-,16?,18?/m1/s1. The highest BCUT2D eigenvalue weighted by atomic mass is 16.6. The summed E-state index contributed by atoms with van der Waals surface area (Å²) in [7, 11) is 0. The third kappa shape index (κ3) is 4.07. The molecule has 2 unspecified atom stereocenters. The molecule has 0 aromatic heterocycles. The van der Waals surface area contributed by atoms with Crippen LogP contribution in [-0.2, 0) is 4.79 Å². The first kappa shape index (κ1) is 16.8. The van der Waals surface area contributed by atoms with E-state index in [0.717, 1.165) is 0 Å². The molecule has 3 atom stereocenters. The average molecular weight is 340 g/mol. The van der Waals surface area contributed by atoms with Crippen LogP contribution in [0.15, 0.2) is 48.5 Å². The molecule has 25 heavy (non-hydrogen) atoms. The maximum atomic E-state index is 11.2. The van der Waals surface area contributed by atoms with Gasteiger partial charge >= 0.3 is 0 Å². The van der Waals surface area contributed by atoms with Crippen LogP contribution in [0.1, 0.15) is 12.0 Å². The van der Waals surface area contributed by atoms with E-state index in [9.17, 15) is 9.90 Å². The monoisotopic (exact) mass is 340 g/mol. The van der Waals surface area contributed by atoms with E-state index in [1.807, 2.05) is 6.07 Å². The normalized spacial score (nSPS) is 19.4. The molecule has 1 saturated carbocycles. The molecule has 1 amide bonds. The van der Waals surface area contributed by atoms with Gasteiger partial charge in [0.1, 0.15) is 17.2 Å². The van der Waals surface area contributed by atoms with Crippen LogP contribution in [-0.4, -0.2) is 22.5 Å². The lowest BCUT2D eigenvalue weighted by molar-refractivity contribution is -0.132. The molecule has 128 valence electrons. The first-order valence-electron chi connectivity index (χ1n) is 7.67. The lowest BCUT2D eigenvalue weighted by Gasteiger charge is -2.14. The molecule has 2 aromatic rings. The number of carbonyl (C=O) groups is 1. The maximum absolute atomic E-state index is 11.2. The van der Waals surface area contributed by atoms with Gasteiger partial charge in [-0.1, -0.05) is 0 Å². The van der Waals surface area contributed by atoms with Gasteiger partial charge in [-0.2, -0.15) is 5.26 Å². The Morgan fingerprint density at radius 3 is 2.24 bits per heavy atom. The molecule has 1 fully saturated rings. The molecule has 0 aliphatic heterocycles. The lowest BCUT2D eigenvalue weighted by atomic mass is 10.2. The Morgan fingerprint density at radius 1 is 1.12 bits per heavy atom. The molecule has 7 nitrogen and oxygen atoms in total. The fourth-order valence-corrected chi connectivity index (χ4v) is 2.46. The van der Waals surface area contributed by atoms with Crippen molar-refractivity contribution >= 4 is 5.91 Å². The SMILES string of the molecule is N#Cc1ccc(Oc2ccc(OC(O)C3C[C@H]3C(=O)NO)cc2)cc1. The highest BCUT2D eigenvalue weighted by molar-refractivity contribution is 5.80. The molecule has 3 rings (SSSR count). The number of benzene rings is 2. The first-order valence-corrected chi connectivity index (χ1v) is 7.67. The fourth-order valence-electron chi connectivity index (χ4n) is 2.46. The summed E-state index contributed by atoms with van der Waals surface area (Å²) in [4.78, 5) is 11.2. The number of nitrogens with zero attached hydrogens (tertiary/aromatic N) is 1. The molecule has 0 bridgehead atoms. The number of aliphatic hydroxyl groups excluding tert-OH is 1. The van der Waals surface area contributed by atoms with Gasteiger partial charge in [0.25, 0.3) is 0 Å². The van der Waals surface area contributed by atoms with Gasteiger partial charge in [0.05, 0.1) is 11.6 Å². The number of amides is 1. The smallest absolute Gasteiger partial charge is 0.246 e. The van der Waals surface area contributed by atoms with Crippen molar-refractivity contribution in [1.29, 1.82) is 5.26 Å². The Morgan fingerprint density at radius 2 is 1.68 bits per heavy atom. The summed E-state index contributed by atoms with van der Waals surface area (Å²) in [5, 5.41) is 27.3. The number of carbonyl (C=O) groups excluding carboxylic acids is 1. The van der Waals surface area contributed by atoms with Crippen molar-refractivity contribution in [3.8, 4) is 23.3 Å². The zero-order valence-electron chi connectivity index (χ0n) is 13.1. The van der Waals surface area contributed by atoms with Crippen LogP contribution >= 0.6 is 0 Å². The fraction of sp³-hybridized carbons (Fsp3) is 0.222. The summed E-state index contributed by atoms with van der Waals surface area (Å²) in [5.74, 6) is 0.341. The third-order valence-corrected chi connectivity index (χ3v) is 3.95. The Labute approximate surface area is 144 Å². The van der Waals surface area contributed by atoms with E-state index in [1.54, 1.807) is 54.0 Å². The van der Waals surface area contributed by atoms with E-state index < -0.39 is 18.1 Å². The minimum atomic E-state index is -1.12. The minimum absolute atomic E-state index is 0.332. The predicted octanol–water partition coefficient (Wildman–Crippen LogP) is 2.19. The molecule has 1 aliphatic rings. The highest BCUT2D eigenvalue weighted by Crippen LogP contribution is 2.42. The second kappa shape index (κ2) is 7.21. The van der Waals surface area contributed by atoms with Crippen molar-refractivity contribution in [1.82, 2.24) is 5.48 Å². The molecular formula is C18H16N2O5. The Balaban J connectivity index is 1.55. The van der Waals surface area contributed by atoms with E-state index >= 15 is 0 Å². The van der Waals surface area contributed by atoms with Gasteiger partial charge in [0.15, 0.2) is 0 Å². The van der Waals surface area contributed by atoms with Crippen molar-refractivity contribution in [2.45, 2.75) is 12.7 Å². The van der Waals surface area contributed by atoms with Crippen LogP contribution in [0.25, 0.3) is 0 Å². The number of nitrogens with one attached hydrogen (secondary N) is 1. The topological polar surface area (TPSA) is 112 Å². The lowest BCUT2D eigenvalue weighted by Crippen LogP contribution is -2.26. The second-order valence-electron chi connectivity index (χ2n) is 5.70. The Bertz CT molecular complexity index is 783. The molecule has 0 heterocycles. The van der Waals surface area contributed by atoms with E-state index in [0.29, 0.717) is 29.2 Å². The Hall–Kier alpha value is -3.08. The van der Waals surface area contributed by atoms with Crippen molar-refractivity contribution in [3.05, 3.63) is 54.1 Å². The first-order chi connectivity index (χ1) is 12.1. The van der Waals surface area contributed by atoms with E-state index in [1.165, 1.54) is 0 Å². The number of nitriles is 1. The zero-order chi connectivity index (χ0) is 17.8. The molecule has 0 radical (unpaired) electrons. The third-order valence-electron chi connectivity index (χ3n) is 3.95. The number of hydrogen-bond acceptors (Lipinski definition) is 6. The summed E-state index contributed by atoms with van der Waals surface area (Å²) in [6.07, 6.45) is -0.652. The largest absolute Gasteiger partial charge is 0.465 e. The van der Waals surface area contributed by atoms with Crippen LogP contribution in [0.2, 0.25) is 0 Å². The van der Waals surface area contributed by atoms with Gasteiger partial charge in [-0.3, -0.25) is 10.0 Å². The van der Waals surface area contributed by atoms with E-state index in [4.69, 9.17) is 19.9 Å². The van der Waals surface area contributed by atoms with E-state index in [2.05, 4.69) is 0 Å². The molecule has 0 spiro atoms. The maximum Gasteiger partial charge on any atom is 0.246 e. The number of aliphatic hydroxyl groups is 1. The van der Waals surface area contributed by atoms with Crippen LogP contribution in [0.5, 0.6) is 17.2 Å². The highest BCUT2D eigenvalue weighted by Gasteiger charge is 2.48. The summed E-state index contributed by atoms with van der Waals surface area (Å²) in [6.45, 7) is 0. The van der Waals surface area contributed by atoms with Crippen molar-refractivity contribution in [3.63, 3.8) is 0 Å². The van der Waals surface area contributed by atoms with Gasteiger partial charge in [-0.15, -0.1) is 0 Å². The number of hydrogen-bond donors (Lipinski definition) is 3. The molecule has 7 heteroatoms. The van der Waals surface area contributed by atoms with E-state index in [-0.39, 0.29) is 5.92 Å². The summed E-state index contributed by atoms with van der Waals surface area (Å²) in [6, 6.07) is 15.4. The summed E-state index contributed by atoms with van der Waals surface area (Å²) in [5.41, 5.74) is 2.13. The number of rotatable bonds is 6. The van der Waals surface area contributed by atoms with Crippen LogP contribution in [0.3, 0.4) is 0 Å². The summed E-state index contributed by atoms with van der Waals surface area (Å²) < 4.78 is 11.1. The Kier molecular flexibility index (Phi) is 4.84. The number of hydroxylamine groups is 1. The van der Waals surface area contributed by atoms with Crippen LogP contribution < -0.4 is 15.0 Å². The van der Waals surface area contributed by atoms with Crippen LogP contribution in [0.4, 0.5) is 0 Å². The van der Waals surface area contributed by atoms with Gasteiger partial charge in [-0.05, 0) is 55.0 Å². The molecule has 3 N–H and O–H groups in total. The van der Waals surface area contributed by atoms with Crippen molar-refractivity contribution in [2.75, 3.05) is 0 Å². The second-order valence-corrected chi connectivity index (χ2v) is 5.70. The van der Waals surface area contributed by atoms with Gasteiger partial charge in [0, 0.05) is 11.8 Å². The predicted molar refractivity (Wildman–Crippen MR) is 85.8 cm³/mol. The number of ether oxygens (including phenoxy) is 2. The van der Waals surface area contributed by atoms with Gasteiger partial charge < -0.3 is 14.6 Å². The van der Waals surface area contributed by atoms with Crippen molar-refractivity contribution in [2.24, 2.45) is 11.8 Å². The average Bonchev–Trinajstić information content (AvgIpc) is 3.44. The molecule has 2 aromatic carbocycles. The summed E-state index contributed by atoms with van der Waals surface area (Å²) >= 11 is 0.